The Balaban J connectivity index is 2.67. The standard InChI is InChI=1S/C11H17ClN6S/c1-7(17-18-10(13)16-12)8-4-3-5-9(6-8)15-11(19)14-2/h3-7,17H,1-2H3,(H3,13,16,18)(H2,14,15,19). The van der Waals surface area contributed by atoms with Gasteiger partial charge in [0, 0.05) is 30.6 Å². The van der Waals surface area contributed by atoms with Crippen molar-refractivity contribution < 1.29 is 0 Å². The summed E-state index contributed by atoms with van der Waals surface area (Å²) in [6.07, 6.45) is 0. The van der Waals surface area contributed by atoms with Crippen molar-refractivity contribution in [1.29, 1.82) is 0 Å². The van der Waals surface area contributed by atoms with Crippen LogP contribution in [-0.2, 0) is 0 Å². The minimum atomic E-state index is 0.0156. The van der Waals surface area contributed by atoms with Crippen LogP contribution in [0, 0.1) is 0 Å². The van der Waals surface area contributed by atoms with Crippen LogP contribution in [0.1, 0.15) is 18.5 Å². The van der Waals surface area contributed by atoms with Crippen molar-refractivity contribution in [3.05, 3.63) is 29.8 Å². The van der Waals surface area contributed by atoms with Crippen LogP contribution in [0.15, 0.2) is 28.8 Å². The summed E-state index contributed by atoms with van der Waals surface area (Å²) in [6, 6.07) is 7.86. The molecule has 0 aliphatic heterocycles. The first-order valence-electron chi connectivity index (χ1n) is 5.61. The van der Waals surface area contributed by atoms with Gasteiger partial charge in [0.2, 0.25) is 5.96 Å². The number of thiocarbonyl (C=S) groups is 1. The molecule has 0 saturated heterocycles. The Kier molecular flexibility index (Phi) is 6.34. The van der Waals surface area contributed by atoms with Crippen molar-refractivity contribution in [2.24, 2.45) is 10.2 Å². The number of nitrogens with zero attached hydrogens (tertiary/aromatic N) is 1. The number of rotatable bonds is 4. The number of nitrogens with two attached hydrogens (primary N) is 1. The van der Waals surface area contributed by atoms with Gasteiger partial charge in [-0.15, -0.1) is 4.51 Å². The summed E-state index contributed by atoms with van der Waals surface area (Å²) in [4.78, 5) is 0. The molecule has 6 nitrogen and oxygen atoms in total. The third-order valence-electron chi connectivity index (χ3n) is 2.38. The molecule has 0 amide bonds. The lowest BCUT2D eigenvalue weighted by atomic mass is 10.1. The van der Waals surface area contributed by atoms with Crippen LogP contribution in [0.2, 0.25) is 0 Å². The van der Waals surface area contributed by atoms with Crippen LogP contribution in [0.25, 0.3) is 0 Å². The largest absolute Gasteiger partial charge is 0.368 e. The fraction of sp³-hybridized carbons (Fsp3) is 0.273. The molecule has 0 aliphatic rings. The maximum atomic E-state index is 5.42. The number of hydrazine groups is 1. The predicted octanol–water partition coefficient (Wildman–Crippen LogP) is 1.23. The molecular formula is C11H17ClN6S. The molecule has 1 unspecified atom stereocenters. The first-order valence-corrected chi connectivity index (χ1v) is 6.36. The molecule has 0 aliphatic carbocycles. The molecule has 0 aromatic heterocycles. The van der Waals surface area contributed by atoms with Gasteiger partial charge in [-0.3, -0.25) is 5.43 Å². The van der Waals surface area contributed by atoms with Gasteiger partial charge in [0.25, 0.3) is 0 Å². The number of nitrogens with one attached hydrogen (secondary N) is 4. The lowest BCUT2D eigenvalue weighted by Crippen LogP contribution is -2.43. The monoisotopic (exact) mass is 300 g/mol. The number of guanidine groups is 1. The van der Waals surface area contributed by atoms with E-state index in [0.29, 0.717) is 5.11 Å². The Morgan fingerprint density at radius 3 is 2.84 bits per heavy atom. The molecule has 0 heterocycles. The van der Waals surface area contributed by atoms with Crippen molar-refractivity contribution in [2.45, 2.75) is 13.0 Å². The van der Waals surface area contributed by atoms with Crippen LogP contribution >= 0.6 is 24.0 Å². The summed E-state index contributed by atoms with van der Waals surface area (Å²) < 4.78 is 3.28. The van der Waals surface area contributed by atoms with Crippen molar-refractivity contribution in [3.63, 3.8) is 0 Å². The first-order chi connectivity index (χ1) is 9.06. The molecular weight excluding hydrogens is 284 g/mol. The molecule has 1 aromatic carbocycles. The molecule has 0 radical (unpaired) electrons. The highest BCUT2D eigenvalue weighted by Crippen LogP contribution is 2.16. The molecule has 0 spiro atoms. The first kappa shape index (κ1) is 15.5. The zero-order valence-electron chi connectivity index (χ0n) is 10.7. The Morgan fingerprint density at radius 2 is 2.21 bits per heavy atom. The average Bonchev–Trinajstić information content (AvgIpc) is 2.44. The van der Waals surface area contributed by atoms with Gasteiger partial charge in [-0.05, 0) is 36.8 Å². The highest BCUT2D eigenvalue weighted by atomic mass is 35.5. The average molecular weight is 301 g/mol. The van der Waals surface area contributed by atoms with E-state index < -0.39 is 0 Å². The molecule has 0 fully saturated rings. The number of halogens is 1. The Hall–Kier alpha value is -1.57. The fourth-order valence-electron chi connectivity index (χ4n) is 1.37. The number of hydrogen-bond acceptors (Lipinski definition) is 3. The highest BCUT2D eigenvalue weighted by Gasteiger charge is 2.06. The Morgan fingerprint density at radius 1 is 1.47 bits per heavy atom. The van der Waals surface area contributed by atoms with Gasteiger partial charge in [0.15, 0.2) is 5.11 Å². The van der Waals surface area contributed by atoms with E-state index >= 15 is 0 Å². The molecule has 104 valence electrons. The maximum Gasteiger partial charge on any atom is 0.220 e. The minimum absolute atomic E-state index is 0.0156. The Bertz CT molecular complexity index is 464. The third-order valence-corrected chi connectivity index (χ3v) is 2.87. The summed E-state index contributed by atoms with van der Waals surface area (Å²) in [5, 5.41) is 6.49. The van der Waals surface area contributed by atoms with Crippen molar-refractivity contribution in [1.82, 2.24) is 16.2 Å². The molecule has 1 aromatic rings. The van der Waals surface area contributed by atoms with Crippen molar-refractivity contribution in [2.75, 3.05) is 12.4 Å². The summed E-state index contributed by atoms with van der Waals surface area (Å²) >= 11 is 10.3. The number of hydrogen-bond donors (Lipinski definition) is 5. The van der Waals surface area contributed by atoms with E-state index in [0.717, 1.165) is 11.3 Å². The van der Waals surface area contributed by atoms with E-state index in [4.69, 9.17) is 29.7 Å². The molecule has 1 atom stereocenters. The van der Waals surface area contributed by atoms with Crippen LogP contribution in [-0.4, -0.2) is 18.1 Å². The van der Waals surface area contributed by atoms with Gasteiger partial charge >= 0.3 is 0 Å². The summed E-state index contributed by atoms with van der Waals surface area (Å²) in [7, 11) is 1.77. The normalized spacial score (nSPS) is 12.7. The highest BCUT2D eigenvalue weighted by molar-refractivity contribution is 7.80. The van der Waals surface area contributed by atoms with Crippen LogP contribution < -0.4 is 27.2 Å². The van der Waals surface area contributed by atoms with E-state index in [9.17, 15) is 0 Å². The lowest BCUT2D eigenvalue weighted by molar-refractivity contribution is 0.543. The molecule has 6 N–H and O–H groups in total. The Labute approximate surface area is 122 Å². The summed E-state index contributed by atoms with van der Waals surface area (Å²) in [6.45, 7) is 1.98. The van der Waals surface area contributed by atoms with Gasteiger partial charge in [-0.2, -0.15) is 0 Å². The molecule has 19 heavy (non-hydrogen) atoms. The lowest BCUT2D eigenvalue weighted by Gasteiger charge is -2.16. The SMILES string of the molecule is CNC(=S)Nc1cccc(C(C)NNC(N)=NCl)c1. The van der Waals surface area contributed by atoms with E-state index in [1.165, 1.54) is 0 Å². The van der Waals surface area contributed by atoms with Crippen molar-refractivity contribution in [3.8, 4) is 0 Å². The quantitative estimate of drug-likeness (QED) is 0.249. The predicted molar refractivity (Wildman–Crippen MR) is 83.9 cm³/mol. The van der Waals surface area contributed by atoms with E-state index in [2.05, 4.69) is 26.0 Å². The van der Waals surface area contributed by atoms with Crippen LogP contribution in [0.5, 0.6) is 0 Å². The van der Waals surface area contributed by atoms with Gasteiger partial charge in [0.1, 0.15) is 0 Å². The minimum Gasteiger partial charge on any atom is -0.368 e. The van der Waals surface area contributed by atoms with Gasteiger partial charge in [0.05, 0.1) is 0 Å². The second kappa shape index (κ2) is 7.78. The van der Waals surface area contributed by atoms with Crippen molar-refractivity contribution >= 4 is 40.8 Å². The second-order valence-corrected chi connectivity index (χ2v) is 4.37. The number of benzene rings is 1. The zero-order valence-corrected chi connectivity index (χ0v) is 12.3. The molecule has 1 rings (SSSR count). The smallest absolute Gasteiger partial charge is 0.220 e. The maximum absolute atomic E-state index is 5.42. The van der Waals surface area contributed by atoms with Crippen LogP contribution in [0.4, 0.5) is 5.69 Å². The van der Waals surface area contributed by atoms with Gasteiger partial charge < -0.3 is 16.4 Å². The fourth-order valence-corrected chi connectivity index (χ4v) is 1.53. The van der Waals surface area contributed by atoms with Gasteiger partial charge in [-0.1, -0.05) is 12.1 Å². The van der Waals surface area contributed by atoms with Crippen LogP contribution in [0.3, 0.4) is 0 Å². The second-order valence-electron chi connectivity index (χ2n) is 3.79. The zero-order chi connectivity index (χ0) is 14.3. The molecule has 8 heteroatoms. The topological polar surface area (TPSA) is 86.5 Å². The number of anilines is 1. The molecule has 0 saturated carbocycles. The molecule has 0 bridgehead atoms. The van der Waals surface area contributed by atoms with Gasteiger partial charge in [-0.25, -0.2) is 5.43 Å². The van der Waals surface area contributed by atoms with E-state index in [1.54, 1.807) is 7.05 Å². The summed E-state index contributed by atoms with van der Waals surface area (Å²) in [5.74, 6) is 0.110. The summed E-state index contributed by atoms with van der Waals surface area (Å²) in [5.41, 5.74) is 13.0. The third kappa shape index (κ3) is 5.29. The van der Waals surface area contributed by atoms with E-state index in [1.807, 2.05) is 31.2 Å². The van der Waals surface area contributed by atoms with E-state index in [-0.39, 0.29) is 12.0 Å².